The average molecular weight is 631 g/mol. The lowest BCUT2D eigenvalue weighted by atomic mass is 9.82. The molecular formula is C31H39FN4O5S2. The van der Waals surface area contributed by atoms with E-state index in [0.717, 1.165) is 10.2 Å². The predicted molar refractivity (Wildman–Crippen MR) is 166 cm³/mol. The molecule has 12 heteroatoms. The molecule has 1 saturated heterocycles. The number of alkyl halides is 1. The molecule has 0 bridgehead atoms. The fraction of sp³-hybridized carbons (Fsp3) is 0.516. The number of halogens is 1. The molecule has 1 amide bonds. The van der Waals surface area contributed by atoms with E-state index < -0.39 is 22.0 Å². The minimum atomic E-state index is -4.30. The summed E-state index contributed by atoms with van der Waals surface area (Å²) in [6.45, 7) is 7.01. The van der Waals surface area contributed by atoms with E-state index >= 15 is 0 Å². The van der Waals surface area contributed by atoms with Gasteiger partial charge in [0.2, 0.25) is 15.9 Å². The second kappa shape index (κ2) is 12.9. The first-order chi connectivity index (χ1) is 20.5. The number of para-hydroxylation sites is 1. The molecule has 0 aliphatic carbocycles. The molecule has 3 heterocycles. The normalized spacial score (nSPS) is 17.7. The molecule has 1 fully saturated rings. The number of amides is 1. The van der Waals surface area contributed by atoms with E-state index in [0.29, 0.717) is 61.6 Å². The summed E-state index contributed by atoms with van der Waals surface area (Å²) in [5.74, 6) is -0.740. The van der Waals surface area contributed by atoms with Crippen molar-refractivity contribution in [2.45, 2.75) is 63.8 Å². The first kappa shape index (κ1) is 31.3. The van der Waals surface area contributed by atoms with Crippen LogP contribution in [0.5, 0.6) is 0 Å². The number of aromatic nitrogens is 1. The van der Waals surface area contributed by atoms with Crippen molar-refractivity contribution in [2.24, 2.45) is 11.3 Å². The number of nitrogens with one attached hydrogen (secondary N) is 2. The standard InChI is InChI=1S/C31H39FN4O5S2/c1-4-41-30(38)21-15-22-18-31(2,3)19-33-28(22)26(16-21)43(39,40)35-24(17-27-34-23-7-5-6-8-25(23)42-27)29(37)36-13-10-20(9-12-32)11-14-36/h5-8,15-16,20,24,33,35H,4,9-14,17-19H2,1-3H3. The van der Waals surface area contributed by atoms with Gasteiger partial charge in [0, 0.05) is 26.1 Å². The van der Waals surface area contributed by atoms with Crippen molar-refractivity contribution in [1.82, 2.24) is 14.6 Å². The third kappa shape index (κ3) is 7.18. The van der Waals surface area contributed by atoms with Crippen LogP contribution < -0.4 is 10.0 Å². The van der Waals surface area contributed by atoms with Crippen LogP contribution in [0.15, 0.2) is 41.3 Å². The first-order valence-corrected chi connectivity index (χ1v) is 17.1. The molecule has 1 aromatic heterocycles. The first-order valence-electron chi connectivity index (χ1n) is 14.8. The van der Waals surface area contributed by atoms with E-state index in [4.69, 9.17) is 4.74 Å². The molecule has 2 aromatic carbocycles. The van der Waals surface area contributed by atoms with Gasteiger partial charge in [0.25, 0.3) is 0 Å². The number of sulfonamides is 1. The Morgan fingerprint density at radius 1 is 1.23 bits per heavy atom. The van der Waals surface area contributed by atoms with Gasteiger partial charge in [0.05, 0.1) is 39.8 Å². The SMILES string of the molecule is CCOC(=O)c1cc2c(c(S(=O)(=O)NC(Cc3nc4ccccc4s3)C(=O)N3CCC(CCF)CC3)c1)NCC(C)(C)C2. The highest BCUT2D eigenvalue weighted by atomic mass is 32.2. The predicted octanol–water partition coefficient (Wildman–Crippen LogP) is 4.96. The highest BCUT2D eigenvalue weighted by Crippen LogP contribution is 2.38. The number of benzene rings is 2. The Morgan fingerprint density at radius 2 is 1.98 bits per heavy atom. The number of hydrogen-bond donors (Lipinski definition) is 2. The van der Waals surface area contributed by atoms with Crippen LogP contribution in [0.3, 0.4) is 0 Å². The van der Waals surface area contributed by atoms with Gasteiger partial charge in [-0.2, -0.15) is 4.72 Å². The van der Waals surface area contributed by atoms with Gasteiger partial charge in [0.1, 0.15) is 10.9 Å². The summed E-state index contributed by atoms with van der Waals surface area (Å²) in [7, 11) is -4.30. The molecule has 0 saturated carbocycles. The quantitative estimate of drug-likeness (QED) is 0.304. The number of rotatable bonds is 10. The maximum absolute atomic E-state index is 14.2. The summed E-state index contributed by atoms with van der Waals surface area (Å²) in [4.78, 5) is 32.9. The highest BCUT2D eigenvalue weighted by Gasteiger charge is 2.36. The van der Waals surface area contributed by atoms with Crippen LogP contribution in [0, 0.1) is 11.3 Å². The van der Waals surface area contributed by atoms with Gasteiger partial charge in [-0.05, 0) is 73.8 Å². The van der Waals surface area contributed by atoms with Gasteiger partial charge in [-0.25, -0.2) is 18.2 Å². The average Bonchev–Trinajstić information content (AvgIpc) is 3.38. The number of nitrogens with zero attached hydrogens (tertiary/aromatic N) is 2. The fourth-order valence-corrected chi connectivity index (χ4v) is 8.34. The summed E-state index contributed by atoms with van der Waals surface area (Å²) in [5, 5.41) is 3.90. The van der Waals surface area contributed by atoms with Crippen molar-refractivity contribution in [3.8, 4) is 0 Å². The Labute approximate surface area is 256 Å². The molecule has 9 nitrogen and oxygen atoms in total. The lowest BCUT2D eigenvalue weighted by Crippen LogP contribution is -2.51. The molecule has 2 aliphatic heterocycles. The Hall–Kier alpha value is -3.09. The smallest absolute Gasteiger partial charge is 0.338 e. The Morgan fingerprint density at radius 3 is 2.67 bits per heavy atom. The summed E-state index contributed by atoms with van der Waals surface area (Å²) in [6.07, 6.45) is 2.45. The number of carbonyl (C=O) groups excluding carboxylic acids is 2. The summed E-state index contributed by atoms with van der Waals surface area (Å²) in [5.41, 5.74) is 1.90. The van der Waals surface area contributed by atoms with Gasteiger partial charge in [-0.15, -0.1) is 11.3 Å². The van der Waals surface area contributed by atoms with Crippen molar-refractivity contribution >= 4 is 49.1 Å². The lowest BCUT2D eigenvalue weighted by Gasteiger charge is -2.35. The monoisotopic (exact) mass is 630 g/mol. The highest BCUT2D eigenvalue weighted by molar-refractivity contribution is 7.89. The number of fused-ring (bicyclic) bond motifs is 2. The maximum atomic E-state index is 14.2. The number of thiazole rings is 1. The lowest BCUT2D eigenvalue weighted by molar-refractivity contribution is -0.134. The van der Waals surface area contributed by atoms with Crippen LogP contribution in [0.1, 0.15) is 61.0 Å². The largest absolute Gasteiger partial charge is 0.462 e. The van der Waals surface area contributed by atoms with Gasteiger partial charge in [0.15, 0.2) is 0 Å². The second-order valence-electron chi connectivity index (χ2n) is 12.1. The summed E-state index contributed by atoms with van der Waals surface area (Å²) < 4.78 is 50.1. The van der Waals surface area contributed by atoms with Crippen LogP contribution in [0.25, 0.3) is 10.2 Å². The third-order valence-electron chi connectivity index (χ3n) is 8.15. The van der Waals surface area contributed by atoms with Crippen LogP contribution in [0.2, 0.25) is 0 Å². The molecule has 0 spiro atoms. The van der Waals surface area contributed by atoms with E-state index in [2.05, 4.69) is 28.9 Å². The van der Waals surface area contributed by atoms with Crippen molar-refractivity contribution in [1.29, 1.82) is 0 Å². The molecule has 2 aliphatic rings. The van der Waals surface area contributed by atoms with Crippen molar-refractivity contribution in [3.05, 3.63) is 52.5 Å². The third-order valence-corrected chi connectivity index (χ3v) is 10.7. The number of carbonyl (C=O) groups is 2. The number of esters is 1. The number of anilines is 1. The van der Waals surface area contributed by atoms with Crippen molar-refractivity contribution in [2.75, 3.05) is 38.2 Å². The molecule has 1 atom stereocenters. The Kier molecular flexibility index (Phi) is 9.38. The van der Waals surface area contributed by atoms with Crippen molar-refractivity contribution in [3.63, 3.8) is 0 Å². The molecule has 5 rings (SSSR count). The Balaban J connectivity index is 1.49. The molecule has 0 radical (unpaired) electrons. The zero-order chi connectivity index (χ0) is 30.8. The minimum Gasteiger partial charge on any atom is -0.462 e. The van der Waals surface area contributed by atoms with Crippen molar-refractivity contribution < 1.29 is 27.1 Å². The number of ether oxygens (including phenoxy) is 1. The molecular weight excluding hydrogens is 591 g/mol. The van der Waals surface area contributed by atoms with Gasteiger partial charge < -0.3 is 15.0 Å². The molecule has 232 valence electrons. The van der Waals surface area contributed by atoms with E-state index in [1.54, 1.807) is 17.9 Å². The molecule has 1 unspecified atom stereocenters. The number of likely N-dealkylation sites (tertiary alicyclic amines) is 1. The number of piperidine rings is 1. The van der Waals surface area contributed by atoms with E-state index in [1.165, 1.54) is 17.4 Å². The maximum Gasteiger partial charge on any atom is 0.338 e. The molecule has 2 N–H and O–H groups in total. The zero-order valence-electron chi connectivity index (χ0n) is 24.8. The zero-order valence-corrected chi connectivity index (χ0v) is 26.5. The molecule has 43 heavy (non-hydrogen) atoms. The van der Waals surface area contributed by atoms with E-state index in [-0.39, 0.29) is 47.4 Å². The van der Waals surface area contributed by atoms with E-state index in [1.807, 2.05) is 24.3 Å². The Bertz CT molecular complexity index is 1570. The van der Waals surface area contributed by atoms with Gasteiger partial charge >= 0.3 is 5.97 Å². The van der Waals surface area contributed by atoms with Crippen LogP contribution >= 0.6 is 11.3 Å². The molecule has 3 aromatic rings. The van der Waals surface area contributed by atoms with Gasteiger partial charge in [-0.3, -0.25) is 9.18 Å². The van der Waals surface area contributed by atoms with Crippen LogP contribution in [0.4, 0.5) is 10.1 Å². The van der Waals surface area contributed by atoms with Crippen LogP contribution in [-0.2, 0) is 32.4 Å². The van der Waals surface area contributed by atoms with Crippen LogP contribution in [-0.4, -0.2) is 69.1 Å². The van der Waals surface area contributed by atoms with E-state index in [9.17, 15) is 22.4 Å². The topological polar surface area (TPSA) is 118 Å². The van der Waals surface area contributed by atoms with Gasteiger partial charge in [-0.1, -0.05) is 26.0 Å². The number of hydrogen-bond acceptors (Lipinski definition) is 8. The summed E-state index contributed by atoms with van der Waals surface area (Å²) >= 11 is 1.42. The second-order valence-corrected chi connectivity index (χ2v) is 14.9. The minimum absolute atomic E-state index is 0.0715. The fourth-order valence-electron chi connectivity index (χ4n) is 5.89. The summed E-state index contributed by atoms with van der Waals surface area (Å²) in [6, 6.07) is 9.50.